The van der Waals surface area contributed by atoms with Gasteiger partial charge in [-0.15, -0.1) is 0 Å². The van der Waals surface area contributed by atoms with Gasteiger partial charge in [-0.3, -0.25) is 4.79 Å². The molecule has 0 saturated carbocycles. The third kappa shape index (κ3) is 2.79. The lowest BCUT2D eigenvalue weighted by atomic mass is 10.1. The average Bonchev–Trinajstić information content (AvgIpc) is 2.73. The number of aldehydes is 1. The number of carbonyl (C=O) groups is 1. The van der Waals surface area contributed by atoms with Crippen LogP contribution in [0.15, 0.2) is 24.3 Å². The molecule has 1 aromatic carbocycles. The van der Waals surface area contributed by atoms with E-state index in [0.29, 0.717) is 22.1 Å². The highest BCUT2D eigenvalue weighted by molar-refractivity contribution is 6.30. The normalized spacial score (nSPS) is 10.6. The van der Waals surface area contributed by atoms with Crippen molar-refractivity contribution in [3.8, 4) is 11.3 Å². The molecule has 2 rings (SSSR count). The summed E-state index contributed by atoms with van der Waals surface area (Å²) in [5.41, 5.74) is 7.86. The summed E-state index contributed by atoms with van der Waals surface area (Å²) in [5.74, 6) is 0.424. The lowest BCUT2D eigenvalue weighted by molar-refractivity contribution is 0.112. The van der Waals surface area contributed by atoms with Crippen LogP contribution in [-0.4, -0.2) is 16.1 Å². The predicted molar refractivity (Wildman–Crippen MR) is 77.4 cm³/mol. The molecule has 19 heavy (non-hydrogen) atoms. The van der Waals surface area contributed by atoms with E-state index in [1.807, 2.05) is 12.1 Å². The number of halogens is 1. The molecule has 2 N–H and O–H groups in total. The average molecular weight is 278 g/mol. The number of aryl methyl sites for hydroxylation is 1. The Kier molecular flexibility index (Phi) is 4.22. The van der Waals surface area contributed by atoms with Crippen molar-refractivity contribution >= 4 is 23.7 Å². The molecule has 0 bridgehead atoms. The first-order valence-electron chi connectivity index (χ1n) is 6.24. The molecule has 0 fully saturated rings. The van der Waals surface area contributed by atoms with E-state index in [2.05, 4.69) is 12.0 Å². The number of anilines is 1. The largest absolute Gasteiger partial charge is 0.383 e. The Labute approximate surface area is 117 Å². The van der Waals surface area contributed by atoms with Crippen LogP contribution in [0.2, 0.25) is 5.02 Å². The van der Waals surface area contributed by atoms with Crippen molar-refractivity contribution in [2.45, 2.75) is 26.3 Å². The monoisotopic (exact) mass is 277 g/mol. The summed E-state index contributed by atoms with van der Waals surface area (Å²) in [7, 11) is 0. The van der Waals surface area contributed by atoms with Gasteiger partial charge in [-0.25, -0.2) is 4.68 Å². The Morgan fingerprint density at radius 1 is 1.37 bits per heavy atom. The van der Waals surface area contributed by atoms with Crippen LogP contribution < -0.4 is 5.73 Å². The standard InChI is InChI=1S/C14H16ClN3O/c1-2-3-8-18-14(16)12(9-19)13(17-18)10-4-6-11(15)7-5-10/h4-7,9H,2-3,8,16H2,1H3. The van der Waals surface area contributed by atoms with Crippen LogP contribution in [0.25, 0.3) is 11.3 Å². The van der Waals surface area contributed by atoms with E-state index in [1.165, 1.54) is 0 Å². The maximum absolute atomic E-state index is 11.2. The summed E-state index contributed by atoms with van der Waals surface area (Å²) in [4.78, 5) is 11.2. The molecule has 0 spiro atoms. The zero-order chi connectivity index (χ0) is 13.8. The van der Waals surface area contributed by atoms with Gasteiger partial charge in [-0.2, -0.15) is 5.10 Å². The molecular formula is C14H16ClN3O. The van der Waals surface area contributed by atoms with Crippen LogP contribution in [0, 0.1) is 0 Å². The second-order valence-electron chi connectivity index (χ2n) is 4.35. The summed E-state index contributed by atoms with van der Waals surface area (Å²) in [6.07, 6.45) is 2.78. The van der Waals surface area contributed by atoms with Gasteiger partial charge in [0.15, 0.2) is 6.29 Å². The van der Waals surface area contributed by atoms with Gasteiger partial charge < -0.3 is 5.73 Å². The fourth-order valence-electron chi connectivity index (χ4n) is 1.90. The predicted octanol–water partition coefficient (Wildman–Crippen LogP) is 3.40. The first kappa shape index (κ1) is 13.6. The maximum atomic E-state index is 11.2. The number of rotatable bonds is 5. The first-order chi connectivity index (χ1) is 9.17. The lowest BCUT2D eigenvalue weighted by Gasteiger charge is -2.01. The smallest absolute Gasteiger partial charge is 0.156 e. The van der Waals surface area contributed by atoms with Crippen molar-refractivity contribution in [2.75, 3.05) is 5.73 Å². The van der Waals surface area contributed by atoms with Crippen LogP contribution in [0.4, 0.5) is 5.82 Å². The van der Waals surface area contributed by atoms with E-state index in [-0.39, 0.29) is 0 Å². The summed E-state index contributed by atoms with van der Waals surface area (Å²) in [5, 5.41) is 5.08. The van der Waals surface area contributed by atoms with Gasteiger partial charge >= 0.3 is 0 Å². The van der Waals surface area contributed by atoms with Crippen LogP contribution in [0.3, 0.4) is 0 Å². The van der Waals surface area contributed by atoms with Crippen molar-refractivity contribution in [3.63, 3.8) is 0 Å². The van der Waals surface area contributed by atoms with Crippen LogP contribution >= 0.6 is 11.6 Å². The zero-order valence-corrected chi connectivity index (χ0v) is 11.5. The van der Waals surface area contributed by atoms with Crippen LogP contribution in [-0.2, 0) is 6.54 Å². The Morgan fingerprint density at radius 2 is 2.05 bits per heavy atom. The van der Waals surface area contributed by atoms with Crippen LogP contribution in [0.5, 0.6) is 0 Å². The number of nitrogen functional groups attached to an aromatic ring is 1. The van der Waals surface area contributed by atoms with Gasteiger partial charge in [0, 0.05) is 17.1 Å². The molecule has 0 unspecified atom stereocenters. The number of nitrogens with two attached hydrogens (primary N) is 1. The number of hydrogen-bond donors (Lipinski definition) is 1. The van der Waals surface area contributed by atoms with E-state index < -0.39 is 0 Å². The molecule has 0 aliphatic heterocycles. The Balaban J connectivity index is 2.44. The van der Waals surface area contributed by atoms with Crippen LogP contribution in [0.1, 0.15) is 30.1 Å². The molecule has 0 saturated heterocycles. The topological polar surface area (TPSA) is 60.9 Å². The maximum Gasteiger partial charge on any atom is 0.156 e. The highest BCUT2D eigenvalue weighted by Gasteiger charge is 2.16. The molecular weight excluding hydrogens is 262 g/mol. The number of carbonyl (C=O) groups excluding carboxylic acids is 1. The molecule has 1 heterocycles. The highest BCUT2D eigenvalue weighted by Crippen LogP contribution is 2.27. The van der Waals surface area contributed by atoms with Crippen molar-refractivity contribution in [3.05, 3.63) is 34.9 Å². The number of benzene rings is 1. The molecule has 0 amide bonds. The third-order valence-corrected chi connectivity index (χ3v) is 3.24. The van der Waals surface area contributed by atoms with Gasteiger partial charge in [0.25, 0.3) is 0 Å². The number of hydrogen-bond acceptors (Lipinski definition) is 3. The Hall–Kier alpha value is -1.81. The van der Waals surface area contributed by atoms with Crippen molar-refractivity contribution in [1.29, 1.82) is 0 Å². The summed E-state index contributed by atoms with van der Waals surface area (Å²) >= 11 is 5.86. The van der Waals surface area contributed by atoms with E-state index in [0.717, 1.165) is 31.2 Å². The minimum Gasteiger partial charge on any atom is -0.383 e. The summed E-state index contributed by atoms with van der Waals surface area (Å²) < 4.78 is 1.69. The van der Waals surface area contributed by atoms with Gasteiger partial charge in [0.05, 0.1) is 5.56 Å². The van der Waals surface area contributed by atoms with Crippen molar-refractivity contribution < 1.29 is 4.79 Å². The number of nitrogens with zero attached hydrogens (tertiary/aromatic N) is 2. The molecule has 5 heteroatoms. The van der Waals surface area contributed by atoms with Gasteiger partial charge in [0.1, 0.15) is 11.5 Å². The van der Waals surface area contributed by atoms with Crippen molar-refractivity contribution in [2.24, 2.45) is 0 Å². The molecule has 2 aromatic rings. The minimum absolute atomic E-state index is 0.424. The molecule has 0 aliphatic rings. The highest BCUT2D eigenvalue weighted by atomic mass is 35.5. The molecule has 0 radical (unpaired) electrons. The van der Waals surface area contributed by atoms with Crippen molar-refractivity contribution in [1.82, 2.24) is 9.78 Å². The Bertz CT molecular complexity index is 575. The Morgan fingerprint density at radius 3 is 2.63 bits per heavy atom. The SMILES string of the molecule is CCCCn1nc(-c2ccc(Cl)cc2)c(C=O)c1N. The zero-order valence-electron chi connectivity index (χ0n) is 10.8. The molecule has 1 aromatic heterocycles. The fourth-order valence-corrected chi connectivity index (χ4v) is 2.03. The molecule has 0 aliphatic carbocycles. The summed E-state index contributed by atoms with van der Waals surface area (Å²) in [6.45, 7) is 2.82. The minimum atomic E-state index is 0.424. The fraction of sp³-hybridized carbons (Fsp3) is 0.286. The quantitative estimate of drug-likeness (QED) is 0.852. The van der Waals surface area contributed by atoms with E-state index >= 15 is 0 Å². The first-order valence-corrected chi connectivity index (χ1v) is 6.62. The van der Waals surface area contributed by atoms with E-state index in [9.17, 15) is 4.79 Å². The number of aromatic nitrogens is 2. The lowest BCUT2D eigenvalue weighted by Crippen LogP contribution is -2.05. The third-order valence-electron chi connectivity index (χ3n) is 2.99. The second-order valence-corrected chi connectivity index (χ2v) is 4.79. The summed E-state index contributed by atoms with van der Waals surface area (Å²) in [6, 6.07) is 7.21. The van der Waals surface area contributed by atoms with Gasteiger partial charge in [0.2, 0.25) is 0 Å². The van der Waals surface area contributed by atoms with E-state index in [1.54, 1.807) is 16.8 Å². The molecule has 0 atom stereocenters. The molecule has 4 nitrogen and oxygen atoms in total. The molecule has 100 valence electrons. The number of unbranched alkanes of at least 4 members (excludes halogenated alkanes) is 1. The second kappa shape index (κ2) is 5.89. The van der Waals surface area contributed by atoms with Gasteiger partial charge in [-0.1, -0.05) is 37.1 Å². The van der Waals surface area contributed by atoms with Gasteiger partial charge in [-0.05, 0) is 18.6 Å². The van der Waals surface area contributed by atoms with E-state index in [4.69, 9.17) is 17.3 Å².